The number of unbranched alkanes of at least 4 members (excludes halogenated alkanes) is 1. The highest BCUT2D eigenvalue weighted by Crippen LogP contribution is 1.84. The molecule has 0 aromatic rings. The lowest BCUT2D eigenvalue weighted by atomic mass is 10.3. The van der Waals surface area contributed by atoms with Crippen LogP contribution in [0.15, 0.2) is 0 Å². The molecule has 0 atom stereocenters. The fourth-order valence-corrected chi connectivity index (χ4v) is 1.11. The summed E-state index contributed by atoms with van der Waals surface area (Å²) in [6, 6.07) is -0.952. The van der Waals surface area contributed by atoms with Crippen LogP contribution in [0.5, 0.6) is 0 Å². The molecule has 0 aliphatic rings. The molecule has 10 nitrogen and oxygen atoms in total. The van der Waals surface area contributed by atoms with Crippen LogP contribution < -0.4 is 32.7 Å². The minimum Gasteiger partial charge on any atom is -0.368 e. The molecule has 0 saturated heterocycles. The number of amides is 6. The van der Waals surface area contributed by atoms with E-state index in [0.717, 1.165) is 0 Å². The van der Waals surface area contributed by atoms with E-state index in [1.54, 1.807) is 0 Å². The molecule has 20 heavy (non-hydrogen) atoms. The van der Waals surface area contributed by atoms with Crippen LogP contribution in [0.1, 0.15) is 12.8 Å². The number of urea groups is 2. The topological polar surface area (TPSA) is 168 Å². The molecule has 0 bridgehead atoms. The van der Waals surface area contributed by atoms with Crippen molar-refractivity contribution in [2.45, 2.75) is 12.8 Å². The van der Waals surface area contributed by atoms with Crippen molar-refractivity contribution in [1.82, 2.24) is 21.3 Å². The quantitative estimate of drug-likeness (QED) is 0.255. The Morgan fingerprint density at radius 1 is 0.650 bits per heavy atom. The Balaban J connectivity index is 3.39. The predicted octanol–water partition coefficient (Wildman–Crippen LogP) is -2.66. The zero-order valence-corrected chi connectivity index (χ0v) is 11.0. The minimum atomic E-state index is -0.619. The maximum Gasteiger partial charge on any atom is 0.315 e. The number of hydrogen-bond donors (Lipinski definition) is 6. The Bertz CT molecular complexity index is 326. The van der Waals surface area contributed by atoms with Gasteiger partial charge in [-0.2, -0.15) is 0 Å². The fraction of sp³-hybridized carbons (Fsp3) is 0.600. The maximum atomic E-state index is 11.1. The average molecular weight is 288 g/mol. The number of nitrogens with two attached hydrogens (primary N) is 2. The largest absolute Gasteiger partial charge is 0.368 e. The summed E-state index contributed by atoms with van der Waals surface area (Å²) in [6.07, 6.45) is 1.28. The molecule has 0 rings (SSSR count). The van der Waals surface area contributed by atoms with E-state index in [4.69, 9.17) is 11.5 Å². The third kappa shape index (κ3) is 12.0. The first-order chi connectivity index (χ1) is 9.41. The van der Waals surface area contributed by atoms with Crippen molar-refractivity contribution in [3.8, 4) is 0 Å². The van der Waals surface area contributed by atoms with Gasteiger partial charge in [0.15, 0.2) is 0 Å². The van der Waals surface area contributed by atoms with Gasteiger partial charge in [-0.1, -0.05) is 0 Å². The Hall–Kier alpha value is -2.52. The lowest BCUT2D eigenvalue weighted by molar-refractivity contribution is -0.117. The lowest BCUT2D eigenvalue weighted by Gasteiger charge is -2.07. The second-order valence-corrected chi connectivity index (χ2v) is 3.86. The molecule has 0 spiro atoms. The van der Waals surface area contributed by atoms with Crippen molar-refractivity contribution in [3.63, 3.8) is 0 Å². The minimum absolute atomic E-state index is 0.215. The Morgan fingerprint density at radius 3 is 1.30 bits per heavy atom. The third-order valence-corrected chi connectivity index (χ3v) is 2.02. The molecule has 0 fully saturated rings. The first-order valence-electron chi connectivity index (χ1n) is 6.02. The first kappa shape index (κ1) is 17.5. The Morgan fingerprint density at radius 2 is 1.00 bits per heavy atom. The van der Waals surface area contributed by atoms with Gasteiger partial charge in [-0.25, -0.2) is 9.59 Å². The third-order valence-electron chi connectivity index (χ3n) is 2.02. The van der Waals surface area contributed by atoms with Crippen molar-refractivity contribution in [2.24, 2.45) is 11.5 Å². The highest BCUT2D eigenvalue weighted by atomic mass is 16.2. The van der Waals surface area contributed by atoms with Crippen molar-refractivity contribution in [2.75, 3.05) is 26.2 Å². The monoisotopic (exact) mass is 288 g/mol. The van der Waals surface area contributed by atoms with Crippen molar-refractivity contribution in [3.05, 3.63) is 0 Å². The molecular formula is C10H20N6O4. The lowest BCUT2D eigenvalue weighted by Crippen LogP contribution is -2.41. The summed E-state index contributed by atoms with van der Waals surface area (Å²) in [5, 5.41) is 9.58. The summed E-state index contributed by atoms with van der Waals surface area (Å²) in [6.45, 7) is 0.366. The van der Waals surface area contributed by atoms with Gasteiger partial charge in [0, 0.05) is 13.1 Å². The van der Waals surface area contributed by atoms with E-state index in [9.17, 15) is 19.2 Å². The smallest absolute Gasteiger partial charge is 0.315 e. The number of rotatable bonds is 9. The van der Waals surface area contributed by atoms with E-state index in [1.165, 1.54) is 0 Å². The molecule has 0 aromatic heterocycles. The summed E-state index contributed by atoms with van der Waals surface area (Å²) in [5.74, 6) is -1.24. The van der Waals surface area contributed by atoms with Gasteiger partial charge >= 0.3 is 12.1 Å². The molecule has 8 N–H and O–H groups in total. The summed E-state index contributed by atoms with van der Waals surface area (Å²) in [5.41, 5.74) is 9.70. The normalized spacial score (nSPS) is 9.40. The summed E-state index contributed by atoms with van der Waals surface area (Å²) < 4.78 is 0. The molecule has 0 unspecified atom stereocenters. The van der Waals surface area contributed by atoms with Gasteiger partial charge in [-0.05, 0) is 12.8 Å². The Labute approximate surface area is 116 Å². The molecule has 0 radical (unpaired) electrons. The number of carbonyl (C=O) groups excluding carboxylic acids is 4. The molecule has 10 heteroatoms. The van der Waals surface area contributed by atoms with Crippen LogP contribution in [0.3, 0.4) is 0 Å². The van der Waals surface area contributed by atoms with E-state index in [2.05, 4.69) is 21.3 Å². The Kier molecular flexibility index (Phi) is 9.10. The van der Waals surface area contributed by atoms with Gasteiger partial charge in [0.2, 0.25) is 11.8 Å². The SMILES string of the molecule is NC(=O)CNC(=O)NCCCCNC(=O)NCC(N)=O. The summed E-state index contributed by atoms with van der Waals surface area (Å²) in [7, 11) is 0. The van der Waals surface area contributed by atoms with Crippen LogP contribution in [-0.2, 0) is 9.59 Å². The molecule has 0 aliphatic carbocycles. The van der Waals surface area contributed by atoms with E-state index < -0.39 is 23.9 Å². The standard InChI is InChI=1S/C10H20N6O4/c11-7(17)5-15-9(19)13-3-1-2-4-14-10(20)16-6-8(12)18/h1-6H2,(H2,11,17)(H2,12,18)(H2,13,15,19)(H2,14,16,20). The van der Waals surface area contributed by atoms with Gasteiger partial charge in [-0.15, -0.1) is 0 Å². The highest BCUT2D eigenvalue weighted by Gasteiger charge is 2.02. The van der Waals surface area contributed by atoms with Gasteiger partial charge in [0.25, 0.3) is 0 Å². The van der Waals surface area contributed by atoms with Crippen LogP contribution >= 0.6 is 0 Å². The van der Waals surface area contributed by atoms with Crippen molar-refractivity contribution < 1.29 is 19.2 Å². The zero-order chi connectivity index (χ0) is 15.4. The number of hydrogen-bond acceptors (Lipinski definition) is 4. The second-order valence-electron chi connectivity index (χ2n) is 3.86. The predicted molar refractivity (Wildman–Crippen MR) is 70.4 cm³/mol. The van der Waals surface area contributed by atoms with Gasteiger partial charge in [0.05, 0.1) is 13.1 Å². The second kappa shape index (κ2) is 10.4. The summed E-state index contributed by atoms with van der Waals surface area (Å²) in [4.78, 5) is 42.9. The molecular weight excluding hydrogens is 268 g/mol. The number of carbonyl (C=O) groups is 4. The molecule has 0 aromatic carbocycles. The summed E-state index contributed by atoms with van der Waals surface area (Å²) >= 11 is 0. The zero-order valence-electron chi connectivity index (χ0n) is 11.0. The maximum absolute atomic E-state index is 11.1. The van der Waals surface area contributed by atoms with E-state index in [0.29, 0.717) is 25.9 Å². The molecule has 6 amide bonds. The molecule has 0 aliphatic heterocycles. The van der Waals surface area contributed by atoms with Crippen LogP contribution in [-0.4, -0.2) is 50.1 Å². The number of primary amides is 2. The van der Waals surface area contributed by atoms with Gasteiger partial charge in [0.1, 0.15) is 0 Å². The van der Waals surface area contributed by atoms with Crippen LogP contribution in [0, 0.1) is 0 Å². The van der Waals surface area contributed by atoms with Crippen LogP contribution in [0.2, 0.25) is 0 Å². The van der Waals surface area contributed by atoms with Gasteiger partial charge < -0.3 is 32.7 Å². The first-order valence-corrected chi connectivity index (χ1v) is 6.02. The van der Waals surface area contributed by atoms with E-state index >= 15 is 0 Å². The fourth-order valence-electron chi connectivity index (χ4n) is 1.11. The average Bonchev–Trinajstić information content (AvgIpc) is 2.37. The van der Waals surface area contributed by atoms with Gasteiger partial charge in [-0.3, -0.25) is 9.59 Å². The molecule has 0 heterocycles. The number of nitrogens with one attached hydrogen (secondary N) is 4. The van der Waals surface area contributed by atoms with Crippen LogP contribution in [0.4, 0.5) is 9.59 Å². The highest BCUT2D eigenvalue weighted by molar-refractivity contribution is 5.83. The molecule has 114 valence electrons. The molecule has 0 saturated carbocycles. The van der Waals surface area contributed by atoms with Crippen LogP contribution in [0.25, 0.3) is 0 Å². The van der Waals surface area contributed by atoms with E-state index in [1.807, 2.05) is 0 Å². The van der Waals surface area contributed by atoms with Crippen molar-refractivity contribution in [1.29, 1.82) is 0 Å². The van der Waals surface area contributed by atoms with E-state index in [-0.39, 0.29) is 13.1 Å². The van der Waals surface area contributed by atoms with Crippen molar-refractivity contribution >= 4 is 23.9 Å².